The SMILES string of the molecule is CSc1ccccc1NC(=O)C[NH2+][C@@H](C)c1ccco1. The van der Waals surface area contributed by atoms with Crippen molar-refractivity contribution in [2.45, 2.75) is 17.9 Å². The molecule has 1 atom stereocenters. The molecule has 4 nitrogen and oxygen atoms in total. The number of hydrogen-bond donors (Lipinski definition) is 2. The highest BCUT2D eigenvalue weighted by Gasteiger charge is 2.14. The zero-order valence-electron chi connectivity index (χ0n) is 11.6. The quantitative estimate of drug-likeness (QED) is 0.803. The highest BCUT2D eigenvalue weighted by atomic mass is 32.2. The van der Waals surface area contributed by atoms with Crippen LogP contribution in [0.25, 0.3) is 0 Å². The maximum absolute atomic E-state index is 12.0. The van der Waals surface area contributed by atoms with Gasteiger partial charge in [0.1, 0.15) is 6.04 Å². The van der Waals surface area contributed by atoms with E-state index in [4.69, 9.17) is 4.42 Å². The molecule has 1 amide bonds. The zero-order chi connectivity index (χ0) is 14.4. The second-order valence-corrected chi connectivity index (χ2v) is 5.34. The third-order valence-corrected chi connectivity index (χ3v) is 3.83. The van der Waals surface area contributed by atoms with E-state index in [0.29, 0.717) is 6.54 Å². The van der Waals surface area contributed by atoms with E-state index in [-0.39, 0.29) is 11.9 Å². The lowest BCUT2D eigenvalue weighted by Gasteiger charge is -2.10. The molecule has 0 saturated carbocycles. The summed E-state index contributed by atoms with van der Waals surface area (Å²) in [7, 11) is 0. The molecule has 2 rings (SSSR count). The summed E-state index contributed by atoms with van der Waals surface area (Å²) in [5, 5.41) is 4.89. The van der Waals surface area contributed by atoms with Gasteiger partial charge in [0.15, 0.2) is 12.3 Å². The first-order valence-electron chi connectivity index (χ1n) is 6.50. The Labute approximate surface area is 122 Å². The Hall–Kier alpha value is -1.72. The van der Waals surface area contributed by atoms with Crippen molar-refractivity contribution in [3.8, 4) is 0 Å². The Morgan fingerprint density at radius 2 is 2.15 bits per heavy atom. The summed E-state index contributed by atoms with van der Waals surface area (Å²) in [6.45, 7) is 2.38. The number of rotatable bonds is 6. The summed E-state index contributed by atoms with van der Waals surface area (Å²) in [6, 6.07) is 11.7. The molecule has 0 bridgehead atoms. The van der Waals surface area contributed by atoms with Crippen molar-refractivity contribution in [2.75, 3.05) is 18.1 Å². The molecule has 0 aliphatic carbocycles. The van der Waals surface area contributed by atoms with E-state index in [1.807, 2.05) is 54.9 Å². The van der Waals surface area contributed by atoms with Gasteiger partial charge in [-0.1, -0.05) is 12.1 Å². The number of furan rings is 1. The molecule has 0 spiro atoms. The minimum atomic E-state index is -0.00935. The topological polar surface area (TPSA) is 58.9 Å². The number of hydrogen-bond acceptors (Lipinski definition) is 3. The molecule has 106 valence electrons. The Morgan fingerprint density at radius 3 is 2.85 bits per heavy atom. The van der Waals surface area contributed by atoms with Gasteiger partial charge in [-0.2, -0.15) is 0 Å². The number of thioether (sulfide) groups is 1. The summed E-state index contributed by atoms with van der Waals surface area (Å²) in [5.74, 6) is 0.868. The van der Waals surface area contributed by atoms with Gasteiger partial charge < -0.3 is 15.1 Å². The fraction of sp³-hybridized carbons (Fsp3) is 0.267. The van der Waals surface area contributed by atoms with E-state index < -0.39 is 0 Å². The van der Waals surface area contributed by atoms with E-state index in [2.05, 4.69) is 5.32 Å². The van der Waals surface area contributed by atoms with Gasteiger partial charge in [-0.3, -0.25) is 4.79 Å². The zero-order valence-corrected chi connectivity index (χ0v) is 12.4. The highest BCUT2D eigenvalue weighted by molar-refractivity contribution is 7.98. The predicted octanol–water partition coefficient (Wildman–Crippen LogP) is 2.26. The molecule has 1 heterocycles. The molecule has 1 aromatic heterocycles. The van der Waals surface area contributed by atoms with Gasteiger partial charge in [-0.05, 0) is 37.4 Å². The van der Waals surface area contributed by atoms with Crippen LogP contribution in [0.1, 0.15) is 18.7 Å². The summed E-state index contributed by atoms with van der Waals surface area (Å²) in [5.41, 5.74) is 0.865. The average molecular weight is 291 g/mol. The Morgan fingerprint density at radius 1 is 1.35 bits per heavy atom. The van der Waals surface area contributed by atoms with Crippen molar-refractivity contribution < 1.29 is 14.5 Å². The molecule has 5 heteroatoms. The summed E-state index contributed by atoms with van der Waals surface area (Å²) < 4.78 is 5.32. The third kappa shape index (κ3) is 3.88. The number of anilines is 1. The van der Waals surface area contributed by atoms with Crippen LogP contribution >= 0.6 is 11.8 Å². The van der Waals surface area contributed by atoms with Crippen LogP contribution in [0.5, 0.6) is 0 Å². The van der Waals surface area contributed by atoms with Crippen LogP contribution in [0.2, 0.25) is 0 Å². The fourth-order valence-corrected chi connectivity index (χ4v) is 2.45. The smallest absolute Gasteiger partial charge is 0.279 e. The van der Waals surface area contributed by atoms with Crippen molar-refractivity contribution in [1.29, 1.82) is 0 Å². The summed E-state index contributed by atoms with van der Waals surface area (Å²) in [4.78, 5) is 13.0. The largest absolute Gasteiger partial charge is 0.463 e. The number of nitrogens with two attached hydrogens (primary N) is 1. The molecule has 0 saturated heterocycles. The van der Waals surface area contributed by atoms with Crippen LogP contribution in [0.4, 0.5) is 5.69 Å². The molecular formula is C15H19N2O2S+. The van der Waals surface area contributed by atoms with E-state index in [9.17, 15) is 4.79 Å². The molecule has 20 heavy (non-hydrogen) atoms. The summed E-state index contributed by atoms with van der Waals surface area (Å²) >= 11 is 1.62. The van der Waals surface area contributed by atoms with E-state index in [0.717, 1.165) is 16.3 Å². The lowest BCUT2D eigenvalue weighted by atomic mass is 10.2. The van der Waals surface area contributed by atoms with Gasteiger partial charge in [0.05, 0.1) is 12.0 Å². The number of carbonyl (C=O) groups is 1. The first-order chi connectivity index (χ1) is 9.70. The highest BCUT2D eigenvalue weighted by Crippen LogP contribution is 2.24. The van der Waals surface area contributed by atoms with Crippen LogP contribution in [0.3, 0.4) is 0 Å². The number of quaternary nitrogens is 1. The van der Waals surface area contributed by atoms with E-state index in [1.165, 1.54) is 0 Å². The molecule has 3 N–H and O–H groups in total. The lowest BCUT2D eigenvalue weighted by molar-refractivity contribution is -0.684. The molecule has 1 aromatic carbocycles. The molecular weight excluding hydrogens is 272 g/mol. The van der Waals surface area contributed by atoms with Crippen LogP contribution in [0.15, 0.2) is 52.0 Å². The van der Waals surface area contributed by atoms with Crippen LogP contribution in [-0.2, 0) is 4.79 Å². The average Bonchev–Trinajstić information content (AvgIpc) is 2.99. The van der Waals surface area contributed by atoms with Gasteiger partial charge >= 0.3 is 0 Å². The summed E-state index contributed by atoms with van der Waals surface area (Å²) in [6.07, 6.45) is 3.64. The van der Waals surface area contributed by atoms with Gasteiger partial charge in [0.25, 0.3) is 5.91 Å². The molecule has 0 radical (unpaired) electrons. The number of carbonyl (C=O) groups excluding carboxylic acids is 1. The molecule has 0 aliphatic rings. The number of benzene rings is 1. The minimum Gasteiger partial charge on any atom is -0.463 e. The van der Waals surface area contributed by atoms with Crippen LogP contribution < -0.4 is 10.6 Å². The van der Waals surface area contributed by atoms with Gasteiger partial charge in [0.2, 0.25) is 0 Å². The predicted molar refractivity (Wildman–Crippen MR) is 80.8 cm³/mol. The first kappa shape index (κ1) is 14.7. The number of nitrogens with one attached hydrogen (secondary N) is 1. The van der Waals surface area contributed by atoms with Crippen molar-refractivity contribution in [2.24, 2.45) is 0 Å². The fourth-order valence-electron chi connectivity index (χ4n) is 1.90. The molecule has 0 fully saturated rings. The van der Waals surface area contributed by atoms with E-state index in [1.54, 1.807) is 18.0 Å². The van der Waals surface area contributed by atoms with Crippen molar-refractivity contribution >= 4 is 23.4 Å². The Balaban J connectivity index is 1.86. The van der Waals surface area contributed by atoms with Gasteiger partial charge in [-0.25, -0.2) is 0 Å². The number of para-hydroxylation sites is 1. The van der Waals surface area contributed by atoms with Crippen molar-refractivity contribution in [3.05, 3.63) is 48.4 Å². The van der Waals surface area contributed by atoms with Gasteiger partial charge in [-0.15, -0.1) is 11.8 Å². The maximum atomic E-state index is 12.0. The third-order valence-electron chi connectivity index (χ3n) is 3.03. The molecule has 0 aliphatic heterocycles. The van der Waals surface area contributed by atoms with Crippen molar-refractivity contribution in [3.63, 3.8) is 0 Å². The molecule has 2 aromatic rings. The second kappa shape index (κ2) is 7.17. The molecule has 0 unspecified atom stereocenters. The monoisotopic (exact) mass is 291 g/mol. The number of amides is 1. The van der Waals surface area contributed by atoms with E-state index >= 15 is 0 Å². The van der Waals surface area contributed by atoms with Crippen LogP contribution in [-0.4, -0.2) is 18.7 Å². The maximum Gasteiger partial charge on any atom is 0.279 e. The minimum absolute atomic E-state index is 0.00935. The van der Waals surface area contributed by atoms with Crippen molar-refractivity contribution in [1.82, 2.24) is 0 Å². The van der Waals surface area contributed by atoms with Crippen LogP contribution in [0, 0.1) is 0 Å². The Kier molecular flexibility index (Phi) is 5.26. The lowest BCUT2D eigenvalue weighted by Crippen LogP contribution is -2.86. The standard InChI is InChI=1S/C15H18N2O2S/c1-11(13-7-5-9-19-13)16-10-15(18)17-12-6-3-4-8-14(12)20-2/h3-9,11,16H,10H2,1-2H3,(H,17,18)/p+1/t11-/m0/s1. The van der Waals surface area contributed by atoms with Gasteiger partial charge in [0, 0.05) is 4.90 Å². The second-order valence-electron chi connectivity index (χ2n) is 4.49. The Bertz CT molecular complexity index is 555. The normalized spacial score (nSPS) is 12.1. The first-order valence-corrected chi connectivity index (χ1v) is 7.72.